The van der Waals surface area contributed by atoms with Gasteiger partial charge in [-0.25, -0.2) is 4.79 Å². The van der Waals surface area contributed by atoms with E-state index < -0.39 is 6.09 Å². The maximum atomic E-state index is 12.8. The minimum Gasteiger partial charge on any atom is -0.443 e. The van der Waals surface area contributed by atoms with Gasteiger partial charge in [-0.1, -0.05) is 44.6 Å². The third-order valence-corrected chi connectivity index (χ3v) is 9.06. The zero-order valence-corrected chi connectivity index (χ0v) is 26.9. The molecule has 1 saturated carbocycles. The predicted molar refractivity (Wildman–Crippen MR) is 165 cm³/mol. The Morgan fingerprint density at radius 2 is 1.81 bits per heavy atom. The fourth-order valence-corrected chi connectivity index (χ4v) is 6.32. The second-order valence-electron chi connectivity index (χ2n) is 13.8. The van der Waals surface area contributed by atoms with Crippen LogP contribution in [0.5, 0.6) is 0 Å². The van der Waals surface area contributed by atoms with Gasteiger partial charge in [0.25, 0.3) is 0 Å². The van der Waals surface area contributed by atoms with Gasteiger partial charge in [0.1, 0.15) is 29.2 Å². The van der Waals surface area contributed by atoms with Crippen LogP contribution in [-0.4, -0.2) is 67.6 Å². The number of allylic oxidation sites excluding steroid dienone is 1. The van der Waals surface area contributed by atoms with E-state index in [1.165, 1.54) is 5.57 Å². The zero-order valence-electron chi connectivity index (χ0n) is 26.9. The molecule has 2 saturated heterocycles. The summed E-state index contributed by atoms with van der Waals surface area (Å²) >= 11 is 0. The van der Waals surface area contributed by atoms with E-state index in [2.05, 4.69) is 37.5 Å². The number of hydrogen-bond acceptors (Lipinski definition) is 7. The first-order chi connectivity index (χ1) is 20.3. The highest BCUT2D eigenvalue weighted by Gasteiger charge is 2.72. The van der Waals surface area contributed by atoms with Crippen molar-refractivity contribution in [2.45, 2.75) is 116 Å². The van der Waals surface area contributed by atoms with E-state index in [9.17, 15) is 14.4 Å². The summed E-state index contributed by atoms with van der Waals surface area (Å²) in [6, 6.07) is 7.54. The van der Waals surface area contributed by atoms with Gasteiger partial charge in [0.2, 0.25) is 5.91 Å². The molecule has 1 aromatic carbocycles. The van der Waals surface area contributed by atoms with Crippen LogP contribution in [0.25, 0.3) is 0 Å². The summed E-state index contributed by atoms with van der Waals surface area (Å²) in [5.41, 5.74) is 1.98. The molecule has 4 rings (SSSR count). The van der Waals surface area contributed by atoms with Gasteiger partial charge in [-0.2, -0.15) is 0 Å². The van der Waals surface area contributed by atoms with E-state index in [0.29, 0.717) is 50.9 Å². The maximum absolute atomic E-state index is 12.8. The van der Waals surface area contributed by atoms with Crippen LogP contribution in [0.2, 0.25) is 0 Å². The fourth-order valence-electron chi connectivity index (χ4n) is 6.32. The molecule has 0 radical (unpaired) electrons. The highest BCUT2D eigenvalue weighted by molar-refractivity contribution is 5.91. The second-order valence-corrected chi connectivity index (χ2v) is 13.8. The average Bonchev–Trinajstić information content (AvgIpc) is 3.85. The molecule has 3 aliphatic rings. The summed E-state index contributed by atoms with van der Waals surface area (Å²) in [7, 11) is 1.67. The fraction of sp³-hybridized carbons (Fsp3) is 0.676. The molecule has 0 aromatic heterocycles. The maximum Gasteiger partial charge on any atom is 0.407 e. The van der Waals surface area contributed by atoms with E-state index in [4.69, 9.17) is 18.9 Å². The van der Waals surface area contributed by atoms with Crippen LogP contribution in [0.1, 0.15) is 85.6 Å². The molecule has 2 amide bonds. The van der Waals surface area contributed by atoms with E-state index in [1.54, 1.807) is 7.11 Å². The van der Waals surface area contributed by atoms with Crippen molar-refractivity contribution in [3.05, 3.63) is 41.5 Å². The summed E-state index contributed by atoms with van der Waals surface area (Å²) in [6.45, 7) is 13.1. The lowest BCUT2D eigenvalue weighted by molar-refractivity contribution is -0.126. The van der Waals surface area contributed by atoms with Gasteiger partial charge >= 0.3 is 6.09 Å². The third-order valence-electron chi connectivity index (χ3n) is 9.06. The summed E-state index contributed by atoms with van der Waals surface area (Å²) in [5, 5.41) is 5.76. The normalized spacial score (nSPS) is 29.5. The molecule has 2 heterocycles. The van der Waals surface area contributed by atoms with Crippen molar-refractivity contribution < 1.29 is 33.3 Å². The SMILES string of the molecule is CO[C@@H]1[C@H](OC(=O)NCCc2ccc(NC(=O)CCCC(=O)C(C)(C)C)cc2)CC[C@]2(CO2)[C@H]1[C@@]1(C)O[C@@H]1CC=C(C)C. The summed E-state index contributed by atoms with van der Waals surface area (Å²) < 4.78 is 24.1. The Bertz CT molecular complexity index is 1180. The summed E-state index contributed by atoms with van der Waals surface area (Å²) in [6.07, 6.45) is 5.33. The lowest BCUT2D eigenvalue weighted by Gasteiger charge is -2.42. The first kappa shape index (κ1) is 33.1. The minimum absolute atomic E-state index is 0.0166. The Balaban J connectivity index is 1.21. The number of anilines is 1. The summed E-state index contributed by atoms with van der Waals surface area (Å²) in [5.74, 6) is 0.0380. The van der Waals surface area contributed by atoms with Gasteiger partial charge in [-0.15, -0.1) is 0 Å². The molecule has 238 valence electrons. The quantitative estimate of drug-likeness (QED) is 0.219. The number of benzene rings is 1. The molecular weight excluding hydrogens is 548 g/mol. The number of methoxy groups -OCH3 is 1. The van der Waals surface area contributed by atoms with Crippen molar-refractivity contribution in [3.63, 3.8) is 0 Å². The van der Waals surface area contributed by atoms with Gasteiger partial charge in [-0.3, -0.25) is 9.59 Å². The third kappa shape index (κ3) is 8.46. The molecule has 9 heteroatoms. The Morgan fingerprint density at radius 1 is 1.12 bits per heavy atom. The Labute approximate surface area is 256 Å². The van der Waals surface area contributed by atoms with Crippen LogP contribution in [0.3, 0.4) is 0 Å². The van der Waals surface area contributed by atoms with Gasteiger partial charge in [0, 0.05) is 37.6 Å². The highest BCUT2D eigenvalue weighted by Crippen LogP contribution is 2.59. The first-order valence-corrected chi connectivity index (χ1v) is 15.6. The van der Waals surface area contributed by atoms with Gasteiger partial charge in [-0.05, 0) is 70.6 Å². The first-order valence-electron chi connectivity index (χ1n) is 15.6. The largest absolute Gasteiger partial charge is 0.443 e. The smallest absolute Gasteiger partial charge is 0.407 e. The Kier molecular flexibility index (Phi) is 10.4. The van der Waals surface area contributed by atoms with E-state index in [-0.39, 0.29) is 52.5 Å². The number of carbonyl (C=O) groups is 3. The van der Waals surface area contributed by atoms with E-state index in [0.717, 1.165) is 18.4 Å². The average molecular weight is 599 g/mol. The van der Waals surface area contributed by atoms with E-state index >= 15 is 0 Å². The number of nitrogens with one attached hydrogen (secondary N) is 2. The number of amides is 2. The van der Waals surface area contributed by atoms with Crippen molar-refractivity contribution >= 4 is 23.5 Å². The van der Waals surface area contributed by atoms with Crippen molar-refractivity contribution in [1.29, 1.82) is 0 Å². The van der Waals surface area contributed by atoms with Crippen LogP contribution >= 0.6 is 0 Å². The Hall–Kier alpha value is -2.75. The monoisotopic (exact) mass is 598 g/mol. The molecule has 0 unspecified atom stereocenters. The van der Waals surface area contributed by atoms with Crippen molar-refractivity contribution in [2.24, 2.45) is 11.3 Å². The van der Waals surface area contributed by atoms with Crippen LogP contribution < -0.4 is 10.6 Å². The van der Waals surface area contributed by atoms with Crippen molar-refractivity contribution in [1.82, 2.24) is 5.32 Å². The molecule has 0 bridgehead atoms. The molecule has 2 N–H and O–H groups in total. The zero-order chi connectivity index (χ0) is 31.4. The molecule has 6 atom stereocenters. The molecular formula is C34H50N2O7. The molecule has 2 aliphatic heterocycles. The number of epoxide rings is 2. The number of Topliss-reactive ketones (excluding diaryl/α,β-unsaturated/α-hetero) is 1. The minimum atomic E-state index is -0.463. The number of hydrogen-bond donors (Lipinski definition) is 2. The topological polar surface area (TPSA) is 119 Å². The lowest BCUT2D eigenvalue weighted by Crippen LogP contribution is -2.56. The summed E-state index contributed by atoms with van der Waals surface area (Å²) in [4.78, 5) is 37.1. The standard InChI is InChI=1S/C34H50N2O7/c1-22(2)11-16-27-33(6,43-27)30-29(40-7)25(17-19-34(30)21-41-34)42-31(39)35-20-18-23-12-14-24(15-13-23)36-28(38)10-8-9-26(37)32(3,4)5/h11-15,25,27,29-30H,8-10,16-21H2,1-7H3,(H,35,39)(H,36,38)/t25-,27-,29-,30-,33+,34+/m1/s1. The molecule has 1 aromatic rings. The number of rotatable bonds is 13. The second kappa shape index (κ2) is 13.5. The van der Waals surface area contributed by atoms with E-state index in [1.807, 2.05) is 45.0 Å². The van der Waals surface area contributed by atoms with Gasteiger partial charge < -0.3 is 29.6 Å². The number of ether oxygens (including phenoxy) is 4. The van der Waals surface area contributed by atoms with Crippen LogP contribution in [-0.2, 0) is 35.0 Å². The molecule has 43 heavy (non-hydrogen) atoms. The predicted octanol–water partition coefficient (Wildman–Crippen LogP) is 5.76. The number of carbonyl (C=O) groups excluding carboxylic acids is 3. The van der Waals surface area contributed by atoms with Crippen LogP contribution in [0.4, 0.5) is 10.5 Å². The molecule has 3 fully saturated rings. The lowest BCUT2D eigenvalue weighted by atomic mass is 9.68. The van der Waals surface area contributed by atoms with Crippen molar-refractivity contribution in [2.75, 3.05) is 25.6 Å². The molecule has 1 spiro atoms. The van der Waals surface area contributed by atoms with Crippen LogP contribution in [0.15, 0.2) is 35.9 Å². The number of alkyl carbamates (subject to hydrolysis) is 1. The van der Waals surface area contributed by atoms with Crippen molar-refractivity contribution in [3.8, 4) is 0 Å². The van der Waals surface area contributed by atoms with Crippen LogP contribution in [0, 0.1) is 11.3 Å². The number of ketones is 1. The highest BCUT2D eigenvalue weighted by atomic mass is 16.6. The molecule has 1 aliphatic carbocycles. The van der Waals surface area contributed by atoms with Gasteiger partial charge in [0.15, 0.2) is 0 Å². The molecule has 9 nitrogen and oxygen atoms in total. The Morgan fingerprint density at radius 3 is 2.42 bits per heavy atom. The van der Waals surface area contributed by atoms with Gasteiger partial charge in [0.05, 0.1) is 18.6 Å².